The molecule has 3 heteroatoms. The van der Waals surface area contributed by atoms with Crippen LogP contribution >= 0.6 is 11.3 Å². The molecule has 1 heterocycles. The lowest BCUT2D eigenvalue weighted by molar-refractivity contribution is 0.114. The number of hydrogen-bond donors (Lipinski definition) is 1. The van der Waals surface area contributed by atoms with Gasteiger partial charge >= 0.3 is 0 Å². The number of hydrogen-bond acceptors (Lipinski definition) is 3. The van der Waals surface area contributed by atoms with Gasteiger partial charge in [-0.2, -0.15) is 0 Å². The lowest BCUT2D eigenvalue weighted by atomic mass is 10.0. The van der Waals surface area contributed by atoms with E-state index in [1.165, 1.54) is 23.3 Å². The smallest absolute Gasteiger partial charge is 0.0569 e. The zero-order valence-electron chi connectivity index (χ0n) is 13.1. The fourth-order valence-corrected chi connectivity index (χ4v) is 3.89. The number of thiophene rings is 1. The number of aryl methyl sites for hydroxylation is 1. The summed E-state index contributed by atoms with van der Waals surface area (Å²) in [6.45, 7) is 13.2. The molecule has 0 bridgehead atoms. The first-order valence-corrected chi connectivity index (χ1v) is 8.42. The van der Waals surface area contributed by atoms with Gasteiger partial charge in [0.25, 0.3) is 0 Å². The van der Waals surface area contributed by atoms with Crippen LogP contribution in [-0.2, 0) is 0 Å². The summed E-state index contributed by atoms with van der Waals surface area (Å²) < 4.78 is 0. The third kappa shape index (κ3) is 4.30. The highest BCUT2D eigenvalue weighted by atomic mass is 32.1. The molecule has 1 aromatic rings. The minimum Gasteiger partial charge on any atom is -0.329 e. The molecule has 0 radical (unpaired) electrons. The SMILES string of the molecule is CCC(CC)N(CC(C)C)C(CN)c1sccc1C. The van der Waals surface area contributed by atoms with Crippen LogP contribution in [0.25, 0.3) is 0 Å². The molecule has 1 atom stereocenters. The van der Waals surface area contributed by atoms with E-state index in [-0.39, 0.29) is 0 Å². The monoisotopic (exact) mass is 282 g/mol. The first-order chi connectivity index (χ1) is 9.04. The third-order valence-electron chi connectivity index (χ3n) is 3.82. The lowest BCUT2D eigenvalue weighted by Gasteiger charge is -2.38. The van der Waals surface area contributed by atoms with E-state index in [2.05, 4.69) is 51.0 Å². The van der Waals surface area contributed by atoms with Gasteiger partial charge in [0.1, 0.15) is 0 Å². The minimum absolute atomic E-state index is 0.382. The van der Waals surface area contributed by atoms with Gasteiger partial charge in [-0.1, -0.05) is 27.7 Å². The Morgan fingerprint density at radius 2 is 1.89 bits per heavy atom. The Labute approximate surface area is 123 Å². The van der Waals surface area contributed by atoms with E-state index in [1.54, 1.807) is 0 Å². The van der Waals surface area contributed by atoms with E-state index in [0.29, 0.717) is 24.5 Å². The molecule has 1 rings (SSSR count). The summed E-state index contributed by atoms with van der Waals surface area (Å²) in [5, 5.41) is 2.19. The molecule has 2 nitrogen and oxygen atoms in total. The fraction of sp³-hybridized carbons (Fsp3) is 0.750. The zero-order chi connectivity index (χ0) is 14.4. The van der Waals surface area contributed by atoms with Crippen molar-refractivity contribution in [2.45, 2.75) is 59.5 Å². The summed E-state index contributed by atoms with van der Waals surface area (Å²) in [6.07, 6.45) is 2.40. The van der Waals surface area contributed by atoms with E-state index < -0.39 is 0 Å². The van der Waals surface area contributed by atoms with E-state index in [9.17, 15) is 0 Å². The molecular formula is C16H30N2S. The van der Waals surface area contributed by atoms with Crippen molar-refractivity contribution < 1.29 is 0 Å². The van der Waals surface area contributed by atoms with Crippen LogP contribution in [-0.4, -0.2) is 24.0 Å². The lowest BCUT2D eigenvalue weighted by Crippen LogP contribution is -2.43. The Kier molecular flexibility index (Phi) is 7.05. The van der Waals surface area contributed by atoms with Crippen LogP contribution in [0.2, 0.25) is 0 Å². The van der Waals surface area contributed by atoms with Gasteiger partial charge in [-0.05, 0) is 42.7 Å². The van der Waals surface area contributed by atoms with Gasteiger partial charge in [-0.25, -0.2) is 0 Å². The second-order valence-corrected chi connectivity index (χ2v) is 6.73. The normalized spacial score (nSPS) is 13.7. The van der Waals surface area contributed by atoms with Crippen molar-refractivity contribution in [1.29, 1.82) is 0 Å². The molecule has 0 aliphatic carbocycles. The molecular weight excluding hydrogens is 252 g/mol. The van der Waals surface area contributed by atoms with Crippen molar-refractivity contribution in [1.82, 2.24) is 4.90 Å². The minimum atomic E-state index is 0.382. The predicted molar refractivity (Wildman–Crippen MR) is 86.8 cm³/mol. The highest BCUT2D eigenvalue weighted by Gasteiger charge is 2.27. The zero-order valence-corrected chi connectivity index (χ0v) is 14.0. The van der Waals surface area contributed by atoms with Crippen LogP contribution in [0.1, 0.15) is 57.0 Å². The maximum Gasteiger partial charge on any atom is 0.0569 e. The number of nitrogens with zero attached hydrogens (tertiary/aromatic N) is 1. The molecule has 110 valence electrons. The molecule has 0 amide bonds. The van der Waals surface area contributed by atoms with Crippen molar-refractivity contribution in [2.75, 3.05) is 13.1 Å². The molecule has 0 spiro atoms. The molecule has 1 unspecified atom stereocenters. The van der Waals surface area contributed by atoms with Gasteiger partial charge in [0.2, 0.25) is 0 Å². The van der Waals surface area contributed by atoms with Gasteiger partial charge in [0, 0.05) is 24.0 Å². The summed E-state index contributed by atoms with van der Waals surface area (Å²) in [6, 6.07) is 3.23. The van der Waals surface area contributed by atoms with E-state index in [0.717, 1.165) is 6.54 Å². The molecule has 0 aliphatic rings. The predicted octanol–water partition coefficient (Wildman–Crippen LogP) is 4.20. The maximum atomic E-state index is 6.12. The first-order valence-electron chi connectivity index (χ1n) is 7.54. The highest BCUT2D eigenvalue weighted by Crippen LogP contribution is 2.31. The summed E-state index contributed by atoms with van der Waals surface area (Å²) in [5.74, 6) is 0.676. The van der Waals surface area contributed by atoms with Crippen molar-refractivity contribution >= 4 is 11.3 Å². The van der Waals surface area contributed by atoms with Gasteiger partial charge in [-0.15, -0.1) is 11.3 Å². The molecule has 2 N–H and O–H groups in total. The van der Waals surface area contributed by atoms with Crippen LogP contribution in [0.3, 0.4) is 0 Å². The average Bonchev–Trinajstić information content (AvgIpc) is 2.77. The Morgan fingerprint density at radius 3 is 2.26 bits per heavy atom. The molecule has 0 saturated heterocycles. The van der Waals surface area contributed by atoms with Crippen LogP contribution in [0.15, 0.2) is 11.4 Å². The quantitative estimate of drug-likeness (QED) is 0.774. The largest absolute Gasteiger partial charge is 0.329 e. The van der Waals surface area contributed by atoms with Gasteiger partial charge in [0.15, 0.2) is 0 Å². The van der Waals surface area contributed by atoms with E-state index >= 15 is 0 Å². The fourth-order valence-electron chi connectivity index (χ4n) is 2.83. The number of rotatable bonds is 8. The van der Waals surface area contributed by atoms with Gasteiger partial charge in [-0.3, -0.25) is 4.90 Å². The Morgan fingerprint density at radius 1 is 1.26 bits per heavy atom. The molecule has 0 saturated carbocycles. The molecule has 0 aliphatic heterocycles. The van der Waals surface area contributed by atoms with Gasteiger partial charge in [0.05, 0.1) is 6.04 Å². The first kappa shape index (κ1) is 16.7. The van der Waals surface area contributed by atoms with Crippen molar-refractivity contribution in [3.05, 3.63) is 21.9 Å². The summed E-state index contributed by atoms with van der Waals surface area (Å²) in [5.41, 5.74) is 7.51. The van der Waals surface area contributed by atoms with E-state index in [4.69, 9.17) is 5.73 Å². The van der Waals surface area contributed by atoms with Crippen LogP contribution in [0, 0.1) is 12.8 Å². The summed E-state index contributed by atoms with van der Waals surface area (Å²) in [4.78, 5) is 4.10. The van der Waals surface area contributed by atoms with Gasteiger partial charge < -0.3 is 5.73 Å². The van der Waals surface area contributed by atoms with E-state index in [1.807, 2.05) is 11.3 Å². The molecule has 1 aromatic heterocycles. The Hall–Kier alpha value is -0.380. The highest BCUT2D eigenvalue weighted by molar-refractivity contribution is 7.10. The average molecular weight is 282 g/mol. The molecule has 0 aromatic carbocycles. The van der Waals surface area contributed by atoms with Crippen LogP contribution in [0.4, 0.5) is 0 Å². The van der Waals surface area contributed by atoms with Crippen LogP contribution < -0.4 is 5.73 Å². The Balaban J connectivity index is 3.02. The summed E-state index contributed by atoms with van der Waals surface area (Å²) in [7, 11) is 0. The van der Waals surface area contributed by atoms with Crippen molar-refractivity contribution in [3.63, 3.8) is 0 Å². The van der Waals surface area contributed by atoms with Crippen molar-refractivity contribution in [2.24, 2.45) is 11.7 Å². The topological polar surface area (TPSA) is 29.3 Å². The Bertz CT molecular complexity index is 355. The second kappa shape index (κ2) is 8.03. The van der Waals surface area contributed by atoms with Crippen LogP contribution in [0.5, 0.6) is 0 Å². The number of nitrogens with two attached hydrogens (primary N) is 1. The van der Waals surface area contributed by atoms with Crippen molar-refractivity contribution in [3.8, 4) is 0 Å². The second-order valence-electron chi connectivity index (χ2n) is 5.78. The standard InChI is InChI=1S/C16H30N2S/c1-6-14(7-2)18(11-12(3)4)15(10-17)16-13(5)8-9-19-16/h8-9,12,14-15H,6-7,10-11,17H2,1-5H3. The molecule has 0 fully saturated rings. The molecule has 19 heavy (non-hydrogen) atoms. The third-order valence-corrected chi connectivity index (χ3v) is 4.94. The maximum absolute atomic E-state index is 6.12. The summed E-state index contributed by atoms with van der Waals surface area (Å²) >= 11 is 1.85.